The molecule has 3 rings (SSSR count). The van der Waals surface area contributed by atoms with Crippen molar-refractivity contribution in [2.24, 2.45) is 5.73 Å². The van der Waals surface area contributed by atoms with E-state index in [1.165, 1.54) is 11.3 Å². The van der Waals surface area contributed by atoms with E-state index in [-0.39, 0.29) is 0 Å². The number of aromatic nitrogens is 3. The fourth-order valence-corrected chi connectivity index (χ4v) is 2.54. The Hall–Kier alpha value is -2.21. The van der Waals surface area contributed by atoms with E-state index in [2.05, 4.69) is 15.0 Å². The minimum absolute atomic E-state index is 0.431. The van der Waals surface area contributed by atoms with E-state index < -0.39 is 5.91 Å². The van der Waals surface area contributed by atoms with E-state index in [0.717, 1.165) is 21.8 Å². The highest BCUT2D eigenvalue weighted by Crippen LogP contribution is 2.28. The molecule has 0 saturated carbocycles. The second-order valence-electron chi connectivity index (χ2n) is 3.97. The first kappa shape index (κ1) is 10.9. The highest BCUT2D eigenvalue weighted by Gasteiger charge is 2.13. The van der Waals surface area contributed by atoms with Crippen LogP contribution < -0.4 is 5.73 Å². The second-order valence-corrected chi connectivity index (χ2v) is 4.86. The summed E-state index contributed by atoms with van der Waals surface area (Å²) < 4.78 is 0. The van der Waals surface area contributed by atoms with Gasteiger partial charge in [0.25, 0.3) is 5.91 Å². The van der Waals surface area contributed by atoms with Crippen molar-refractivity contribution in [1.82, 2.24) is 15.0 Å². The van der Waals surface area contributed by atoms with Gasteiger partial charge in [0, 0.05) is 6.20 Å². The lowest BCUT2D eigenvalue weighted by Crippen LogP contribution is -2.11. The van der Waals surface area contributed by atoms with Gasteiger partial charge >= 0.3 is 0 Å². The van der Waals surface area contributed by atoms with Gasteiger partial charge in [-0.15, -0.1) is 11.3 Å². The lowest BCUT2D eigenvalue weighted by molar-refractivity contribution is 0.100. The normalized spacial score (nSPS) is 10.9. The van der Waals surface area contributed by atoms with E-state index in [9.17, 15) is 4.79 Å². The molecule has 2 aromatic heterocycles. The van der Waals surface area contributed by atoms with Crippen molar-refractivity contribution < 1.29 is 4.79 Å². The molecule has 0 aliphatic rings. The van der Waals surface area contributed by atoms with Gasteiger partial charge in [0.1, 0.15) is 11.3 Å². The number of thiazole rings is 1. The molecule has 0 radical (unpaired) electrons. The van der Waals surface area contributed by atoms with Crippen molar-refractivity contribution in [2.75, 3.05) is 0 Å². The molecule has 2 heterocycles. The Morgan fingerprint density at radius 2 is 2.28 bits per heavy atom. The predicted molar refractivity (Wildman–Crippen MR) is 70.5 cm³/mol. The van der Waals surface area contributed by atoms with Crippen LogP contribution in [0, 0.1) is 6.92 Å². The molecule has 1 amide bonds. The number of nitrogens with two attached hydrogens (primary N) is 1. The second kappa shape index (κ2) is 3.92. The number of carbonyl (C=O) groups excluding carboxylic acids is 1. The summed E-state index contributed by atoms with van der Waals surface area (Å²) in [5.41, 5.74) is 9.94. The number of rotatable bonds is 2. The van der Waals surface area contributed by atoms with Crippen molar-refractivity contribution in [2.45, 2.75) is 6.92 Å². The fourth-order valence-electron chi connectivity index (χ4n) is 1.93. The summed E-state index contributed by atoms with van der Waals surface area (Å²) in [6, 6.07) is 3.72. The van der Waals surface area contributed by atoms with E-state index >= 15 is 0 Å². The lowest BCUT2D eigenvalue weighted by atomic mass is 10.1. The molecule has 0 saturated heterocycles. The van der Waals surface area contributed by atoms with Gasteiger partial charge < -0.3 is 10.7 Å². The maximum atomic E-state index is 11.5. The van der Waals surface area contributed by atoms with Gasteiger partial charge in [-0.3, -0.25) is 9.78 Å². The third-order valence-corrected chi connectivity index (χ3v) is 3.51. The molecule has 0 unspecified atom stereocenters. The molecule has 18 heavy (non-hydrogen) atoms. The summed E-state index contributed by atoms with van der Waals surface area (Å²) in [5.74, 6) is 0.284. The summed E-state index contributed by atoms with van der Waals surface area (Å²) in [4.78, 5) is 23.9. The highest BCUT2D eigenvalue weighted by molar-refractivity contribution is 7.13. The Labute approximate surface area is 107 Å². The van der Waals surface area contributed by atoms with Crippen LogP contribution in [0.1, 0.15) is 16.2 Å². The number of nitrogens with one attached hydrogen (secondary N) is 1. The average Bonchev–Trinajstić information content (AvgIpc) is 2.93. The van der Waals surface area contributed by atoms with Crippen molar-refractivity contribution in [3.05, 3.63) is 35.2 Å². The van der Waals surface area contributed by atoms with E-state index in [4.69, 9.17) is 5.73 Å². The van der Waals surface area contributed by atoms with Gasteiger partial charge in [-0.2, -0.15) is 0 Å². The summed E-state index contributed by atoms with van der Waals surface area (Å²) in [5, 5.41) is 0. The van der Waals surface area contributed by atoms with E-state index in [1.807, 2.05) is 13.0 Å². The maximum absolute atomic E-state index is 11.5. The number of primary amides is 1. The Morgan fingerprint density at radius 3 is 2.94 bits per heavy atom. The monoisotopic (exact) mass is 258 g/mol. The topological polar surface area (TPSA) is 84.7 Å². The molecule has 0 fully saturated rings. The molecule has 5 nitrogen and oxygen atoms in total. The molecule has 0 aliphatic carbocycles. The number of benzene rings is 1. The van der Waals surface area contributed by atoms with Crippen LogP contribution in [0.4, 0.5) is 0 Å². The van der Waals surface area contributed by atoms with Crippen molar-refractivity contribution >= 4 is 28.3 Å². The molecule has 1 aromatic carbocycles. The number of nitrogens with zero attached hydrogens (tertiary/aromatic N) is 2. The van der Waals surface area contributed by atoms with Gasteiger partial charge in [-0.25, -0.2) is 4.98 Å². The van der Waals surface area contributed by atoms with Crippen LogP contribution in [0.3, 0.4) is 0 Å². The number of hydrogen-bond acceptors (Lipinski definition) is 4. The first-order valence-corrected chi connectivity index (χ1v) is 6.22. The van der Waals surface area contributed by atoms with Crippen LogP contribution >= 0.6 is 11.3 Å². The van der Waals surface area contributed by atoms with Crippen LogP contribution in [0.25, 0.3) is 21.5 Å². The molecule has 6 heteroatoms. The van der Waals surface area contributed by atoms with Crippen LogP contribution in [0.2, 0.25) is 0 Å². The molecule has 0 bridgehead atoms. The zero-order valence-electron chi connectivity index (χ0n) is 9.60. The number of aromatic amines is 1. The minimum atomic E-state index is -0.474. The van der Waals surface area contributed by atoms with Gasteiger partial charge in [0.15, 0.2) is 0 Å². The van der Waals surface area contributed by atoms with Gasteiger partial charge in [-0.1, -0.05) is 0 Å². The quantitative estimate of drug-likeness (QED) is 0.738. The van der Waals surface area contributed by atoms with Gasteiger partial charge in [-0.05, 0) is 24.6 Å². The number of amides is 1. The molecule has 0 atom stereocenters. The Bertz CT molecular complexity index is 730. The van der Waals surface area contributed by atoms with E-state index in [1.54, 1.807) is 17.8 Å². The first-order valence-electron chi connectivity index (χ1n) is 5.34. The van der Waals surface area contributed by atoms with Crippen molar-refractivity contribution in [3.63, 3.8) is 0 Å². The number of hydrogen-bond donors (Lipinski definition) is 2. The molecular formula is C12H10N4OS. The lowest BCUT2D eigenvalue weighted by Gasteiger charge is -2.01. The third kappa shape index (κ3) is 1.67. The summed E-state index contributed by atoms with van der Waals surface area (Å²) in [7, 11) is 0. The average molecular weight is 258 g/mol. The minimum Gasteiger partial charge on any atom is -0.366 e. The van der Waals surface area contributed by atoms with Gasteiger partial charge in [0.2, 0.25) is 0 Å². The maximum Gasteiger partial charge on any atom is 0.250 e. The summed E-state index contributed by atoms with van der Waals surface area (Å²) >= 11 is 1.51. The SMILES string of the molecule is Cc1nc2c(C(N)=O)cc(-c3cncs3)cc2[nH]1. The van der Waals surface area contributed by atoms with Crippen LogP contribution in [0.15, 0.2) is 23.8 Å². The first-order chi connectivity index (χ1) is 8.65. The summed E-state index contributed by atoms with van der Waals surface area (Å²) in [6.45, 7) is 1.84. The summed E-state index contributed by atoms with van der Waals surface area (Å²) in [6.07, 6.45) is 1.76. The Morgan fingerprint density at radius 1 is 1.44 bits per heavy atom. The number of H-pyrrole nitrogens is 1. The largest absolute Gasteiger partial charge is 0.366 e. The smallest absolute Gasteiger partial charge is 0.250 e. The van der Waals surface area contributed by atoms with E-state index in [0.29, 0.717) is 11.1 Å². The molecule has 0 spiro atoms. The number of carbonyl (C=O) groups is 1. The zero-order valence-corrected chi connectivity index (χ0v) is 10.4. The number of fused-ring (bicyclic) bond motifs is 1. The molecule has 0 aliphatic heterocycles. The third-order valence-electron chi connectivity index (χ3n) is 2.69. The Balaban J connectivity index is 2.33. The Kier molecular flexibility index (Phi) is 2.38. The molecule has 3 aromatic rings. The van der Waals surface area contributed by atoms with Crippen LogP contribution in [-0.4, -0.2) is 20.9 Å². The highest BCUT2D eigenvalue weighted by atomic mass is 32.1. The molecular weight excluding hydrogens is 248 g/mol. The van der Waals surface area contributed by atoms with Crippen molar-refractivity contribution in [1.29, 1.82) is 0 Å². The van der Waals surface area contributed by atoms with Crippen LogP contribution in [0.5, 0.6) is 0 Å². The number of aryl methyl sites for hydroxylation is 1. The fraction of sp³-hybridized carbons (Fsp3) is 0.0833. The number of imidazole rings is 1. The standard InChI is InChI=1S/C12H10N4OS/c1-6-15-9-3-7(10-4-14-5-18-10)2-8(12(13)17)11(9)16-6/h2-5H,1H3,(H2,13,17)(H,15,16). The van der Waals surface area contributed by atoms with Crippen LogP contribution in [-0.2, 0) is 0 Å². The van der Waals surface area contributed by atoms with Crippen molar-refractivity contribution in [3.8, 4) is 10.4 Å². The molecule has 90 valence electrons. The van der Waals surface area contributed by atoms with Gasteiger partial charge in [0.05, 0.1) is 21.5 Å². The zero-order chi connectivity index (χ0) is 12.7. The molecule has 3 N–H and O–H groups in total. The predicted octanol–water partition coefficient (Wildman–Crippen LogP) is 2.09.